The van der Waals surface area contributed by atoms with E-state index in [1.165, 1.54) is 0 Å². The van der Waals surface area contributed by atoms with Gasteiger partial charge in [-0.05, 0) is 48.5 Å². The van der Waals surface area contributed by atoms with Crippen molar-refractivity contribution in [3.8, 4) is 11.8 Å². The van der Waals surface area contributed by atoms with Gasteiger partial charge in [0.2, 0.25) is 0 Å². The zero-order chi connectivity index (χ0) is 18.4. The third kappa shape index (κ3) is 5.28. The SMILES string of the molecule is CN(C)c1ccc(C#CCNC(=O)c2ccc(C(F)(F)F)cc2)cc1. The smallest absolute Gasteiger partial charge is 0.378 e. The van der Waals surface area contributed by atoms with E-state index in [9.17, 15) is 18.0 Å². The van der Waals surface area contributed by atoms with Crippen LogP contribution in [-0.2, 0) is 6.18 Å². The molecule has 2 rings (SSSR count). The van der Waals surface area contributed by atoms with Gasteiger partial charge in [-0.25, -0.2) is 0 Å². The van der Waals surface area contributed by atoms with E-state index in [0.29, 0.717) is 0 Å². The van der Waals surface area contributed by atoms with E-state index in [4.69, 9.17) is 0 Å². The zero-order valence-electron chi connectivity index (χ0n) is 13.8. The predicted octanol–water partition coefficient (Wildman–Crippen LogP) is 3.55. The highest BCUT2D eigenvalue weighted by Crippen LogP contribution is 2.29. The van der Waals surface area contributed by atoms with Crippen LogP contribution < -0.4 is 10.2 Å². The van der Waals surface area contributed by atoms with Gasteiger partial charge in [-0.1, -0.05) is 11.8 Å². The van der Waals surface area contributed by atoms with E-state index >= 15 is 0 Å². The molecule has 0 radical (unpaired) electrons. The lowest BCUT2D eigenvalue weighted by atomic mass is 10.1. The van der Waals surface area contributed by atoms with Gasteiger partial charge in [0, 0.05) is 30.9 Å². The van der Waals surface area contributed by atoms with E-state index in [2.05, 4.69) is 17.2 Å². The van der Waals surface area contributed by atoms with Crippen LogP contribution in [0.5, 0.6) is 0 Å². The number of benzene rings is 2. The number of nitrogens with zero attached hydrogens (tertiary/aromatic N) is 1. The van der Waals surface area contributed by atoms with Crippen molar-refractivity contribution in [2.24, 2.45) is 0 Å². The number of halogens is 3. The average Bonchev–Trinajstić information content (AvgIpc) is 2.58. The normalized spacial score (nSPS) is 10.6. The Morgan fingerprint density at radius 3 is 2.16 bits per heavy atom. The Bertz CT molecular complexity index is 783. The number of hydrogen-bond donors (Lipinski definition) is 1. The van der Waals surface area contributed by atoms with Crippen LogP contribution in [0.15, 0.2) is 48.5 Å². The van der Waals surface area contributed by atoms with Crippen LogP contribution >= 0.6 is 0 Å². The standard InChI is InChI=1S/C19H17F3N2O/c1-24(2)17-11-5-14(6-12-17)4-3-13-23-18(25)15-7-9-16(10-8-15)19(20,21)22/h5-12H,13H2,1-2H3,(H,23,25). The monoisotopic (exact) mass is 346 g/mol. The molecule has 0 atom stereocenters. The Morgan fingerprint density at radius 2 is 1.64 bits per heavy atom. The molecule has 0 fully saturated rings. The molecule has 3 nitrogen and oxygen atoms in total. The van der Waals surface area contributed by atoms with Gasteiger partial charge in [0.05, 0.1) is 12.1 Å². The van der Waals surface area contributed by atoms with Crippen molar-refractivity contribution in [3.63, 3.8) is 0 Å². The summed E-state index contributed by atoms with van der Waals surface area (Å²) >= 11 is 0. The molecule has 25 heavy (non-hydrogen) atoms. The van der Waals surface area contributed by atoms with Crippen molar-refractivity contribution in [1.82, 2.24) is 5.32 Å². The summed E-state index contributed by atoms with van der Waals surface area (Å²) in [5.74, 6) is 5.26. The van der Waals surface area contributed by atoms with E-state index < -0.39 is 17.6 Å². The third-order valence-corrected chi connectivity index (χ3v) is 3.43. The summed E-state index contributed by atoms with van der Waals surface area (Å²) in [7, 11) is 3.88. The van der Waals surface area contributed by atoms with Crippen LogP contribution in [-0.4, -0.2) is 26.5 Å². The van der Waals surface area contributed by atoms with Gasteiger partial charge >= 0.3 is 6.18 Å². The zero-order valence-corrected chi connectivity index (χ0v) is 13.8. The van der Waals surface area contributed by atoms with Crippen LogP contribution in [0.1, 0.15) is 21.5 Å². The van der Waals surface area contributed by atoms with Crippen LogP contribution in [0.3, 0.4) is 0 Å². The molecule has 0 aliphatic rings. The van der Waals surface area contributed by atoms with Crippen molar-refractivity contribution in [2.45, 2.75) is 6.18 Å². The first-order chi connectivity index (χ1) is 11.8. The molecule has 0 saturated heterocycles. The predicted molar refractivity (Wildman–Crippen MR) is 91.4 cm³/mol. The average molecular weight is 346 g/mol. The highest BCUT2D eigenvalue weighted by Gasteiger charge is 2.30. The third-order valence-electron chi connectivity index (χ3n) is 3.43. The summed E-state index contributed by atoms with van der Waals surface area (Å²) in [4.78, 5) is 13.8. The Hall–Kier alpha value is -2.94. The minimum absolute atomic E-state index is 0.106. The lowest BCUT2D eigenvalue weighted by molar-refractivity contribution is -0.137. The van der Waals surface area contributed by atoms with E-state index in [-0.39, 0.29) is 12.1 Å². The first kappa shape index (κ1) is 18.4. The topological polar surface area (TPSA) is 32.3 Å². The Balaban J connectivity index is 1.90. The summed E-state index contributed by atoms with van der Waals surface area (Å²) in [6.45, 7) is 0.106. The quantitative estimate of drug-likeness (QED) is 0.862. The van der Waals surface area contributed by atoms with Crippen molar-refractivity contribution < 1.29 is 18.0 Å². The molecule has 0 aliphatic heterocycles. The van der Waals surface area contributed by atoms with Gasteiger partial charge in [-0.15, -0.1) is 0 Å². The van der Waals surface area contributed by atoms with Gasteiger partial charge in [0.1, 0.15) is 0 Å². The molecule has 0 saturated carbocycles. The lowest BCUT2D eigenvalue weighted by Crippen LogP contribution is -2.23. The Morgan fingerprint density at radius 1 is 1.04 bits per heavy atom. The van der Waals surface area contributed by atoms with Crippen LogP contribution in [0, 0.1) is 11.8 Å². The first-order valence-electron chi connectivity index (χ1n) is 7.49. The van der Waals surface area contributed by atoms with Crippen LogP contribution in [0.2, 0.25) is 0 Å². The second-order valence-corrected chi connectivity index (χ2v) is 5.50. The first-order valence-corrected chi connectivity index (χ1v) is 7.49. The number of alkyl halides is 3. The van der Waals surface area contributed by atoms with Crippen molar-refractivity contribution >= 4 is 11.6 Å². The lowest BCUT2D eigenvalue weighted by Gasteiger charge is -2.11. The maximum absolute atomic E-state index is 12.5. The molecule has 130 valence electrons. The molecular formula is C19H17F3N2O. The summed E-state index contributed by atoms with van der Waals surface area (Å²) in [5, 5.41) is 2.55. The summed E-state index contributed by atoms with van der Waals surface area (Å²) in [6.07, 6.45) is -4.41. The Labute approximate surface area is 144 Å². The van der Waals surface area contributed by atoms with Crippen molar-refractivity contribution in [1.29, 1.82) is 0 Å². The molecule has 2 aromatic rings. The number of carbonyl (C=O) groups excluding carboxylic acids is 1. The molecule has 0 spiro atoms. The number of hydrogen-bond acceptors (Lipinski definition) is 2. The second kappa shape index (κ2) is 7.75. The van der Waals surface area contributed by atoms with Gasteiger partial charge in [-0.3, -0.25) is 4.79 Å². The van der Waals surface area contributed by atoms with Crippen molar-refractivity contribution in [3.05, 3.63) is 65.2 Å². The molecule has 0 heterocycles. The fraction of sp³-hybridized carbons (Fsp3) is 0.211. The molecule has 6 heteroatoms. The highest BCUT2D eigenvalue weighted by atomic mass is 19.4. The largest absolute Gasteiger partial charge is 0.416 e. The molecule has 0 aliphatic carbocycles. The maximum Gasteiger partial charge on any atom is 0.416 e. The maximum atomic E-state index is 12.5. The Kier molecular flexibility index (Phi) is 5.71. The van der Waals surface area contributed by atoms with Gasteiger partial charge in [0.15, 0.2) is 0 Å². The van der Waals surface area contributed by atoms with Gasteiger partial charge < -0.3 is 10.2 Å². The number of nitrogens with one attached hydrogen (secondary N) is 1. The summed E-state index contributed by atoms with van der Waals surface area (Å²) in [5.41, 5.74) is 1.24. The fourth-order valence-electron chi connectivity index (χ4n) is 2.03. The number of anilines is 1. The molecule has 0 unspecified atom stereocenters. The van der Waals surface area contributed by atoms with Crippen LogP contribution in [0.25, 0.3) is 0 Å². The number of amides is 1. The van der Waals surface area contributed by atoms with E-state index in [0.717, 1.165) is 35.5 Å². The van der Waals surface area contributed by atoms with Crippen LogP contribution in [0.4, 0.5) is 18.9 Å². The molecule has 1 N–H and O–H groups in total. The molecule has 2 aromatic carbocycles. The molecule has 1 amide bonds. The molecule has 0 aromatic heterocycles. The summed E-state index contributed by atoms with van der Waals surface area (Å²) < 4.78 is 37.4. The minimum Gasteiger partial charge on any atom is -0.378 e. The molecular weight excluding hydrogens is 329 g/mol. The summed E-state index contributed by atoms with van der Waals surface area (Å²) in [6, 6.07) is 11.7. The number of carbonyl (C=O) groups is 1. The fourth-order valence-corrected chi connectivity index (χ4v) is 2.03. The highest BCUT2D eigenvalue weighted by molar-refractivity contribution is 5.94. The van der Waals surface area contributed by atoms with Gasteiger partial charge in [-0.2, -0.15) is 13.2 Å². The number of rotatable bonds is 3. The van der Waals surface area contributed by atoms with E-state index in [1.807, 2.05) is 43.3 Å². The van der Waals surface area contributed by atoms with Crippen molar-refractivity contribution in [2.75, 3.05) is 25.5 Å². The molecule has 0 bridgehead atoms. The van der Waals surface area contributed by atoms with E-state index in [1.54, 1.807) is 0 Å². The minimum atomic E-state index is -4.41. The second-order valence-electron chi connectivity index (χ2n) is 5.50. The van der Waals surface area contributed by atoms with Gasteiger partial charge in [0.25, 0.3) is 5.91 Å².